The summed E-state index contributed by atoms with van der Waals surface area (Å²) in [4.78, 5) is 23.3. The molecule has 0 spiro atoms. The number of amides is 1. The Kier molecular flexibility index (Phi) is 5.20. The number of carboxylic acids is 1. The van der Waals surface area contributed by atoms with E-state index in [-0.39, 0.29) is 5.91 Å². The molecular weight excluding hydrogens is 270 g/mol. The van der Waals surface area contributed by atoms with E-state index in [2.05, 4.69) is 5.32 Å². The zero-order valence-electron chi connectivity index (χ0n) is 12.1. The Morgan fingerprint density at radius 1 is 1.19 bits per heavy atom. The van der Waals surface area contributed by atoms with Crippen molar-refractivity contribution in [1.29, 1.82) is 0 Å². The SMILES string of the molecule is COc1ccc(CNC(=O)[C@H]2CCCC[C@H]2C(=O)[O-])cc1. The largest absolute Gasteiger partial charge is 0.550 e. The number of hydrogen-bond acceptors (Lipinski definition) is 4. The van der Waals surface area contributed by atoms with E-state index in [4.69, 9.17) is 4.74 Å². The van der Waals surface area contributed by atoms with Gasteiger partial charge in [0.2, 0.25) is 5.91 Å². The van der Waals surface area contributed by atoms with Gasteiger partial charge in [0.1, 0.15) is 5.75 Å². The van der Waals surface area contributed by atoms with Crippen LogP contribution in [0, 0.1) is 11.8 Å². The topological polar surface area (TPSA) is 78.5 Å². The Balaban J connectivity index is 1.91. The minimum absolute atomic E-state index is 0.195. The van der Waals surface area contributed by atoms with Gasteiger partial charge in [0, 0.05) is 24.3 Å². The second-order valence-corrected chi connectivity index (χ2v) is 5.38. The Hall–Kier alpha value is -2.04. The van der Waals surface area contributed by atoms with Crippen LogP contribution in [0.25, 0.3) is 0 Å². The van der Waals surface area contributed by atoms with E-state index in [1.165, 1.54) is 0 Å². The molecular formula is C16H20NO4-. The van der Waals surface area contributed by atoms with Gasteiger partial charge in [0.05, 0.1) is 7.11 Å². The van der Waals surface area contributed by atoms with Crippen molar-refractivity contribution < 1.29 is 19.4 Å². The maximum atomic E-state index is 12.2. The number of ether oxygens (including phenoxy) is 1. The summed E-state index contributed by atoms with van der Waals surface area (Å²) in [5.41, 5.74) is 0.949. The lowest BCUT2D eigenvalue weighted by Gasteiger charge is -2.31. The molecule has 2 atom stereocenters. The van der Waals surface area contributed by atoms with Crippen LogP contribution in [-0.4, -0.2) is 19.0 Å². The fourth-order valence-electron chi connectivity index (χ4n) is 2.79. The van der Waals surface area contributed by atoms with Crippen LogP contribution in [-0.2, 0) is 16.1 Å². The van der Waals surface area contributed by atoms with Gasteiger partial charge in [-0.1, -0.05) is 25.0 Å². The summed E-state index contributed by atoms with van der Waals surface area (Å²) in [5.74, 6) is -1.68. The second kappa shape index (κ2) is 7.11. The molecule has 5 heteroatoms. The van der Waals surface area contributed by atoms with Crippen LogP contribution in [0.2, 0.25) is 0 Å². The number of methoxy groups -OCH3 is 1. The zero-order chi connectivity index (χ0) is 15.2. The van der Waals surface area contributed by atoms with E-state index in [0.29, 0.717) is 19.4 Å². The van der Waals surface area contributed by atoms with Crippen LogP contribution in [0.4, 0.5) is 0 Å². The molecule has 0 radical (unpaired) electrons. The molecule has 5 nitrogen and oxygen atoms in total. The van der Waals surface area contributed by atoms with E-state index in [1.807, 2.05) is 24.3 Å². The van der Waals surface area contributed by atoms with Gasteiger partial charge in [-0.3, -0.25) is 4.79 Å². The summed E-state index contributed by atoms with van der Waals surface area (Å²) in [6.07, 6.45) is 2.89. The monoisotopic (exact) mass is 290 g/mol. The first-order valence-corrected chi connectivity index (χ1v) is 7.23. The second-order valence-electron chi connectivity index (χ2n) is 5.38. The van der Waals surface area contributed by atoms with Gasteiger partial charge in [-0.15, -0.1) is 0 Å². The standard InChI is InChI=1S/C16H21NO4/c1-21-12-8-6-11(7-9-12)10-17-15(18)13-4-2-3-5-14(13)16(19)20/h6-9,13-14H,2-5,10H2,1H3,(H,17,18)(H,19,20)/p-1/t13-,14+/m0/s1. The normalized spacial score (nSPS) is 21.6. The molecule has 21 heavy (non-hydrogen) atoms. The molecule has 1 saturated carbocycles. The van der Waals surface area contributed by atoms with Crippen LogP contribution < -0.4 is 15.2 Å². The van der Waals surface area contributed by atoms with Crippen molar-refractivity contribution in [2.45, 2.75) is 32.2 Å². The molecule has 1 aromatic rings. The lowest BCUT2D eigenvalue weighted by molar-refractivity contribution is -0.314. The van der Waals surface area contributed by atoms with E-state index >= 15 is 0 Å². The molecule has 1 amide bonds. The van der Waals surface area contributed by atoms with Gasteiger partial charge in [0.25, 0.3) is 0 Å². The smallest absolute Gasteiger partial charge is 0.224 e. The third-order valence-corrected chi connectivity index (χ3v) is 4.03. The third-order valence-electron chi connectivity index (χ3n) is 4.03. The van der Waals surface area contributed by atoms with Gasteiger partial charge >= 0.3 is 0 Å². The summed E-state index contributed by atoms with van der Waals surface area (Å²) in [7, 11) is 1.60. The summed E-state index contributed by atoms with van der Waals surface area (Å²) < 4.78 is 5.07. The minimum Gasteiger partial charge on any atom is -0.550 e. The van der Waals surface area contributed by atoms with Crippen molar-refractivity contribution in [3.8, 4) is 5.75 Å². The van der Waals surface area contributed by atoms with Gasteiger partial charge in [0.15, 0.2) is 0 Å². The highest BCUT2D eigenvalue weighted by molar-refractivity contribution is 5.84. The molecule has 1 aliphatic rings. The maximum Gasteiger partial charge on any atom is 0.224 e. The van der Waals surface area contributed by atoms with E-state index in [1.54, 1.807) is 7.11 Å². The Bertz CT molecular complexity index is 498. The van der Waals surface area contributed by atoms with Crippen LogP contribution in [0.15, 0.2) is 24.3 Å². The molecule has 0 aromatic heterocycles. The van der Waals surface area contributed by atoms with Crippen molar-refractivity contribution in [2.75, 3.05) is 7.11 Å². The number of carbonyl (C=O) groups excluding carboxylic acids is 2. The van der Waals surface area contributed by atoms with Crippen LogP contribution in [0.5, 0.6) is 5.75 Å². The molecule has 1 aliphatic carbocycles. The van der Waals surface area contributed by atoms with Gasteiger partial charge in [-0.05, 0) is 30.5 Å². The summed E-state index contributed by atoms with van der Waals surface area (Å²) in [6, 6.07) is 7.39. The molecule has 1 fully saturated rings. The lowest BCUT2D eigenvalue weighted by atomic mass is 9.78. The Labute approximate surface area is 124 Å². The van der Waals surface area contributed by atoms with Gasteiger partial charge in [-0.25, -0.2) is 0 Å². The average molecular weight is 290 g/mol. The molecule has 0 unspecified atom stereocenters. The average Bonchev–Trinajstić information content (AvgIpc) is 2.53. The highest BCUT2D eigenvalue weighted by atomic mass is 16.5. The fraction of sp³-hybridized carbons (Fsp3) is 0.500. The number of carboxylic acid groups (broad SMARTS) is 1. The number of hydrogen-bond donors (Lipinski definition) is 1. The molecule has 1 aromatic carbocycles. The highest BCUT2D eigenvalue weighted by Crippen LogP contribution is 2.29. The maximum absolute atomic E-state index is 12.2. The first-order chi connectivity index (χ1) is 10.1. The lowest BCUT2D eigenvalue weighted by Crippen LogP contribution is -2.44. The third kappa shape index (κ3) is 3.97. The van der Waals surface area contributed by atoms with Gasteiger partial charge in [-0.2, -0.15) is 0 Å². The number of rotatable bonds is 5. The predicted octanol–water partition coefficient (Wildman–Crippen LogP) is 0.868. The molecule has 0 heterocycles. The minimum atomic E-state index is -1.11. The molecule has 0 bridgehead atoms. The van der Waals surface area contributed by atoms with Crippen LogP contribution in [0.3, 0.4) is 0 Å². The summed E-state index contributed by atoms with van der Waals surface area (Å²) >= 11 is 0. The molecule has 2 rings (SSSR count). The van der Waals surface area contributed by atoms with Crippen molar-refractivity contribution >= 4 is 11.9 Å². The molecule has 0 saturated heterocycles. The van der Waals surface area contributed by atoms with E-state index < -0.39 is 17.8 Å². The van der Waals surface area contributed by atoms with Crippen molar-refractivity contribution in [3.05, 3.63) is 29.8 Å². The van der Waals surface area contributed by atoms with Crippen molar-refractivity contribution in [2.24, 2.45) is 11.8 Å². The molecule has 114 valence electrons. The van der Waals surface area contributed by atoms with E-state index in [0.717, 1.165) is 24.2 Å². The van der Waals surface area contributed by atoms with Crippen LogP contribution in [0.1, 0.15) is 31.2 Å². The number of aliphatic carboxylic acids is 1. The first-order valence-electron chi connectivity index (χ1n) is 7.23. The zero-order valence-corrected chi connectivity index (χ0v) is 12.1. The van der Waals surface area contributed by atoms with Crippen molar-refractivity contribution in [1.82, 2.24) is 5.32 Å². The summed E-state index contributed by atoms with van der Waals surface area (Å²) in [6.45, 7) is 0.388. The number of nitrogens with one attached hydrogen (secondary N) is 1. The Morgan fingerprint density at radius 2 is 1.81 bits per heavy atom. The number of carbonyl (C=O) groups is 2. The fourth-order valence-corrected chi connectivity index (χ4v) is 2.79. The quantitative estimate of drug-likeness (QED) is 0.872. The Morgan fingerprint density at radius 3 is 2.38 bits per heavy atom. The summed E-state index contributed by atoms with van der Waals surface area (Å²) in [5, 5.41) is 13.9. The number of benzene rings is 1. The molecule has 1 N–H and O–H groups in total. The van der Waals surface area contributed by atoms with Crippen molar-refractivity contribution in [3.63, 3.8) is 0 Å². The highest BCUT2D eigenvalue weighted by Gasteiger charge is 2.31. The first kappa shape index (κ1) is 15.4. The van der Waals surface area contributed by atoms with E-state index in [9.17, 15) is 14.7 Å². The molecule has 0 aliphatic heterocycles. The van der Waals surface area contributed by atoms with Crippen LogP contribution >= 0.6 is 0 Å². The van der Waals surface area contributed by atoms with Gasteiger partial charge < -0.3 is 20.0 Å². The predicted molar refractivity (Wildman–Crippen MR) is 75.3 cm³/mol.